The summed E-state index contributed by atoms with van der Waals surface area (Å²) in [5, 5.41) is 27.8. The van der Waals surface area contributed by atoms with E-state index in [-0.39, 0.29) is 28.2 Å². The number of nitrogens with zero attached hydrogens (tertiary/aromatic N) is 1. The van der Waals surface area contributed by atoms with E-state index in [1.165, 1.54) is 30.3 Å². The summed E-state index contributed by atoms with van der Waals surface area (Å²) < 4.78 is 29.1. The van der Waals surface area contributed by atoms with Gasteiger partial charge in [0.2, 0.25) is 0 Å². The molecule has 3 aromatic rings. The number of phenolic OH excluding ortho intramolecular Hbond substituents is 2. The molecule has 0 aliphatic rings. The summed E-state index contributed by atoms with van der Waals surface area (Å²) >= 11 is -0.472. The first kappa shape index (κ1) is 15.3. The number of nitriles is 1. The van der Waals surface area contributed by atoms with Crippen LogP contribution < -0.4 is 0 Å². The van der Waals surface area contributed by atoms with Gasteiger partial charge in [-0.05, 0) is 0 Å². The second-order valence-corrected chi connectivity index (χ2v) is 7.00. The van der Waals surface area contributed by atoms with Gasteiger partial charge in [0.15, 0.2) is 0 Å². The molecule has 2 aromatic carbocycles. The van der Waals surface area contributed by atoms with E-state index in [1.54, 1.807) is 0 Å². The number of phenols is 2. The molecule has 1 heterocycles. The number of hydrogen-bond acceptors (Lipinski definition) is 3. The van der Waals surface area contributed by atoms with E-state index in [4.69, 9.17) is 0 Å². The Bertz CT molecular complexity index is 944. The van der Waals surface area contributed by atoms with Crippen LogP contribution in [0.15, 0.2) is 42.5 Å². The number of benzene rings is 2. The van der Waals surface area contributed by atoms with E-state index >= 15 is 0 Å². The van der Waals surface area contributed by atoms with Crippen molar-refractivity contribution in [1.29, 1.82) is 5.26 Å². The van der Waals surface area contributed by atoms with Crippen LogP contribution in [0.4, 0.5) is 8.78 Å². The molecule has 0 aliphatic carbocycles. The van der Waals surface area contributed by atoms with Crippen molar-refractivity contribution < 1.29 is 19.0 Å². The molecule has 23 heavy (non-hydrogen) atoms. The van der Waals surface area contributed by atoms with Crippen molar-refractivity contribution >= 4 is 14.5 Å². The first-order chi connectivity index (χ1) is 11.0. The van der Waals surface area contributed by atoms with Gasteiger partial charge in [-0.15, -0.1) is 0 Å². The zero-order chi connectivity index (χ0) is 16.6. The van der Waals surface area contributed by atoms with E-state index in [0.717, 1.165) is 12.1 Å². The Morgan fingerprint density at radius 2 is 1.43 bits per heavy atom. The maximum absolute atomic E-state index is 14.0. The van der Waals surface area contributed by atoms with Gasteiger partial charge in [0.25, 0.3) is 0 Å². The van der Waals surface area contributed by atoms with E-state index < -0.39 is 26.1 Å². The van der Waals surface area contributed by atoms with Gasteiger partial charge in [-0.1, -0.05) is 0 Å². The van der Waals surface area contributed by atoms with Crippen LogP contribution in [0.1, 0.15) is 5.56 Å². The van der Waals surface area contributed by atoms with Gasteiger partial charge in [-0.3, -0.25) is 0 Å². The molecule has 0 aliphatic heterocycles. The van der Waals surface area contributed by atoms with Gasteiger partial charge in [0.1, 0.15) is 0 Å². The molecular weight excluding hydrogens is 367 g/mol. The molecule has 1 aromatic heterocycles. The second-order valence-electron chi connectivity index (χ2n) is 4.79. The summed E-state index contributed by atoms with van der Waals surface area (Å²) in [4.78, 5) is 0. The van der Waals surface area contributed by atoms with Crippen molar-refractivity contribution in [3.05, 3.63) is 59.7 Å². The summed E-state index contributed by atoms with van der Waals surface area (Å²) in [6.45, 7) is 0. The summed E-state index contributed by atoms with van der Waals surface area (Å²) in [6.07, 6.45) is 0. The quantitative estimate of drug-likeness (QED) is 0.672. The van der Waals surface area contributed by atoms with E-state index in [1.807, 2.05) is 6.07 Å². The molecule has 0 fully saturated rings. The molecule has 0 bridgehead atoms. The molecule has 0 saturated carbocycles. The van der Waals surface area contributed by atoms with Crippen molar-refractivity contribution in [1.82, 2.24) is 0 Å². The number of hydrogen-bond donors (Lipinski definition) is 2. The van der Waals surface area contributed by atoms with Crippen LogP contribution in [0.5, 0.6) is 11.5 Å². The third kappa shape index (κ3) is 2.85. The molecule has 0 radical (unpaired) electrons. The van der Waals surface area contributed by atoms with E-state index in [0.29, 0.717) is 8.87 Å². The molecular formula is C17H9F2NO2Se. The molecule has 0 spiro atoms. The molecule has 3 rings (SSSR count). The van der Waals surface area contributed by atoms with Gasteiger partial charge in [-0.2, -0.15) is 0 Å². The number of rotatable bonds is 2. The Morgan fingerprint density at radius 1 is 0.870 bits per heavy atom. The van der Waals surface area contributed by atoms with Crippen LogP contribution in [-0.4, -0.2) is 24.7 Å². The zero-order valence-corrected chi connectivity index (χ0v) is 13.3. The minimum atomic E-state index is -0.629. The first-order valence-corrected chi connectivity index (χ1v) is 8.22. The van der Waals surface area contributed by atoms with Crippen molar-refractivity contribution in [2.45, 2.75) is 0 Å². The Labute approximate surface area is 136 Å². The van der Waals surface area contributed by atoms with Gasteiger partial charge < -0.3 is 0 Å². The maximum atomic E-state index is 14.0. The summed E-state index contributed by atoms with van der Waals surface area (Å²) in [5.41, 5.74) is 0.784. The van der Waals surface area contributed by atoms with Crippen LogP contribution >= 0.6 is 0 Å². The predicted molar refractivity (Wildman–Crippen MR) is 82.2 cm³/mol. The summed E-state index contributed by atoms with van der Waals surface area (Å²) in [5.74, 6) is -1.61. The fourth-order valence-electron chi connectivity index (χ4n) is 2.20. The third-order valence-electron chi connectivity index (χ3n) is 3.27. The molecule has 3 nitrogen and oxygen atoms in total. The monoisotopic (exact) mass is 377 g/mol. The Hall–Kier alpha value is -2.61. The minimum absolute atomic E-state index is 0.185. The van der Waals surface area contributed by atoms with Gasteiger partial charge in [0.05, 0.1) is 0 Å². The van der Waals surface area contributed by atoms with Crippen molar-refractivity contribution in [2.24, 2.45) is 0 Å². The fourth-order valence-corrected chi connectivity index (χ4v) is 4.64. The normalized spacial score (nSPS) is 10.5. The van der Waals surface area contributed by atoms with Gasteiger partial charge in [0, 0.05) is 0 Å². The predicted octanol–water partition coefficient (Wildman–Crippen LogP) is 3.64. The standard InChI is InChI=1S/C17H9F2NO2Se/c18-14-6-10(21)1-3-12(14)16-5-9(8-20)17(23-16)13-4-2-11(22)7-15(13)19/h1-7,21-22H. The van der Waals surface area contributed by atoms with Crippen LogP contribution in [0.25, 0.3) is 20.0 Å². The zero-order valence-electron chi connectivity index (χ0n) is 11.5. The number of aromatic hydroxyl groups is 2. The molecule has 2 N–H and O–H groups in total. The average Bonchev–Trinajstić information content (AvgIpc) is 2.91. The molecule has 0 amide bonds. The second kappa shape index (κ2) is 5.88. The van der Waals surface area contributed by atoms with Gasteiger partial charge >= 0.3 is 136 Å². The molecule has 0 saturated heterocycles. The molecule has 6 heteroatoms. The third-order valence-corrected chi connectivity index (χ3v) is 5.79. The van der Waals surface area contributed by atoms with Crippen molar-refractivity contribution in [3.63, 3.8) is 0 Å². The fraction of sp³-hybridized carbons (Fsp3) is 0. The summed E-state index contributed by atoms with van der Waals surface area (Å²) in [7, 11) is 0. The molecule has 114 valence electrons. The average molecular weight is 376 g/mol. The Kier molecular flexibility index (Phi) is 3.91. The molecule has 0 atom stereocenters. The van der Waals surface area contributed by atoms with Crippen molar-refractivity contribution in [3.8, 4) is 37.6 Å². The van der Waals surface area contributed by atoms with Crippen LogP contribution in [0.2, 0.25) is 0 Å². The van der Waals surface area contributed by atoms with E-state index in [2.05, 4.69) is 0 Å². The van der Waals surface area contributed by atoms with Crippen molar-refractivity contribution in [2.75, 3.05) is 0 Å². The van der Waals surface area contributed by atoms with Crippen LogP contribution in [-0.2, 0) is 0 Å². The van der Waals surface area contributed by atoms with Crippen LogP contribution in [0, 0.1) is 23.0 Å². The number of halogens is 2. The molecule has 0 unspecified atom stereocenters. The van der Waals surface area contributed by atoms with Crippen LogP contribution in [0.3, 0.4) is 0 Å². The summed E-state index contributed by atoms with van der Waals surface area (Å²) in [6, 6.07) is 11.1. The van der Waals surface area contributed by atoms with Gasteiger partial charge in [-0.25, -0.2) is 0 Å². The Balaban J connectivity index is 2.17. The van der Waals surface area contributed by atoms with E-state index in [9.17, 15) is 24.3 Å². The SMILES string of the molecule is N#Cc1cc(-c2ccc(O)cc2F)[se]c1-c1ccc(O)cc1F. The topological polar surface area (TPSA) is 64.2 Å². The Morgan fingerprint density at radius 3 is 1.96 bits per heavy atom. The first-order valence-electron chi connectivity index (χ1n) is 6.51.